The molecule has 0 aromatic heterocycles. The zero-order valence-electron chi connectivity index (χ0n) is 16.4. The Hall–Kier alpha value is -3.38. The maximum Gasteiger partial charge on any atom is 0.251 e. The molecule has 0 atom stereocenters. The Bertz CT molecular complexity index is 965. The number of benzene rings is 3. The highest BCUT2D eigenvalue weighted by molar-refractivity contribution is 5.98. The van der Waals surface area contributed by atoms with Gasteiger partial charge in [-0.05, 0) is 42.1 Å². The molecule has 0 bridgehead atoms. The third-order valence-electron chi connectivity index (χ3n) is 4.47. The summed E-state index contributed by atoms with van der Waals surface area (Å²) in [4.78, 5) is 24.3. The van der Waals surface area contributed by atoms with Crippen LogP contribution in [-0.4, -0.2) is 38.6 Å². The second kappa shape index (κ2) is 10.2. The number of carbonyl (C=O) groups is 2. The van der Waals surface area contributed by atoms with Crippen molar-refractivity contribution in [2.75, 3.05) is 37.4 Å². The molecule has 3 N–H and O–H groups in total. The average Bonchev–Trinajstić information content (AvgIpc) is 2.75. The van der Waals surface area contributed by atoms with Crippen molar-refractivity contribution in [2.24, 2.45) is 0 Å². The van der Waals surface area contributed by atoms with E-state index in [1.165, 1.54) is 0 Å². The normalized spacial score (nSPS) is 10.5. The summed E-state index contributed by atoms with van der Waals surface area (Å²) in [7, 11) is 1.63. The molecule has 0 spiro atoms. The number of anilines is 2. The maximum atomic E-state index is 12.3. The van der Waals surface area contributed by atoms with Crippen molar-refractivity contribution < 1.29 is 14.3 Å². The monoisotopic (exact) mass is 391 g/mol. The van der Waals surface area contributed by atoms with Gasteiger partial charge in [0, 0.05) is 42.6 Å². The van der Waals surface area contributed by atoms with Crippen molar-refractivity contribution in [2.45, 2.75) is 6.42 Å². The number of carbonyl (C=O) groups excluding carboxylic acids is 2. The standard InChI is InChI=1S/C23H25N3O3/c1-29-15-5-14-24-23(28)18-10-12-19(13-11-18)26-22(27)16-25-21-9-4-7-17-6-2-3-8-20(17)21/h2-4,6-13,25H,5,14-16H2,1H3,(H,24,28)(H,26,27). The molecule has 2 amide bonds. The van der Waals surface area contributed by atoms with Crippen molar-refractivity contribution in [3.8, 4) is 0 Å². The molecule has 6 heteroatoms. The van der Waals surface area contributed by atoms with Crippen LogP contribution in [0.5, 0.6) is 0 Å². The van der Waals surface area contributed by atoms with Gasteiger partial charge in [-0.2, -0.15) is 0 Å². The Kier molecular flexibility index (Phi) is 7.19. The smallest absolute Gasteiger partial charge is 0.251 e. The number of hydrogen-bond acceptors (Lipinski definition) is 4. The van der Waals surface area contributed by atoms with E-state index >= 15 is 0 Å². The summed E-state index contributed by atoms with van der Waals surface area (Å²) >= 11 is 0. The van der Waals surface area contributed by atoms with Crippen LogP contribution >= 0.6 is 0 Å². The van der Waals surface area contributed by atoms with Gasteiger partial charge in [-0.25, -0.2) is 0 Å². The van der Waals surface area contributed by atoms with Crippen LogP contribution in [-0.2, 0) is 9.53 Å². The number of nitrogens with one attached hydrogen (secondary N) is 3. The summed E-state index contributed by atoms with van der Waals surface area (Å²) in [6.07, 6.45) is 0.764. The number of methoxy groups -OCH3 is 1. The molecule has 0 unspecified atom stereocenters. The zero-order chi connectivity index (χ0) is 20.5. The molecule has 3 aromatic carbocycles. The van der Waals surface area contributed by atoms with E-state index in [4.69, 9.17) is 4.74 Å². The van der Waals surface area contributed by atoms with E-state index in [9.17, 15) is 9.59 Å². The maximum absolute atomic E-state index is 12.3. The Balaban J connectivity index is 1.51. The van der Waals surface area contributed by atoms with Gasteiger partial charge in [0.05, 0.1) is 6.54 Å². The molecule has 0 heterocycles. The second-order valence-corrected chi connectivity index (χ2v) is 6.61. The minimum atomic E-state index is -0.158. The van der Waals surface area contributed by atoms with Gasteiger partial charge in [0.2, 0.25) is 5.91 Å². The first-order valence-corrected chi connectivity index (χ1v) is 9.56. The quantitative estimate of drug-likeness (QED) is 0.487. The molecule has 3 rings (SSSR count). The van der Waals surface area contributed by atoms with Crippen LogP contribution in [0.15, 0.2) is 66.7 Å². The SMILES string of the molecule is COCCCNC(=O)c1ccc(NC(=O)CNc2cccc3ccccc23)cc1. The van der Waals surface area contributed by atoms with Crippen molar-refractivity contribution in [3.05, 3.63) is 72.3 Å². The summed E-state index contributed by atoms with van der Waals surface area (Å²) in [5.41, 5.74) is 2.11. The highest BCUT2D eigenvalue weighted by Crippen LogP contribution is 2.22. The summed E-state index contributed by atoms with van der Waals surface area (Å²) in [5, 5.41) is 11.0. The van der Waals surface area contributed by atoms with Gasteiger partial charge in [-0.3, -0.25) is 9.59 Å². The fourth-order valence-electron chi connectivity index (χ4n) is 2.99. The third kappa shape index (κ3) is 5.80. The van der Waals surface area contributed by atoms with Crippen molar-refractivity contribution >= 4 is 34.0 Å². The number of hydrogen-bond donors (Lipinski definition) is 3. The Morgan fingerprint density at radius 2 is 1.69 bits per heavy atom. The predicted octanol–water partition coefficient (Wildman–Crippen LogP) is 3.66. The molecular weight excluding hydrogens is 366 g/mol. The van der Waals surface area contributed by atoms with Crippen LogP contribution in [0, 0.1) is 0 Å². The molecule has 0 aliphatic rings. The van der Waals surface area contributed by atoms with E-state index in [1.54, 1.807) is 31.4 Å². The number of ether oxygens (including phenoxy) is 1. The number of amides is 2. The number of rotatable bonds is 9. The van der Waals surface area contributed by atoms with Crippen LogP contribution in [0.1, 0.15) is 16.8 Å². The van der Waals surface area contributed by atoms with Crippen LogP contribution in [0.4, 0.5) is 11.4 Å². The molecular formula is C23H25N3O3. The largest absolute Gasteiger partial charge is 0.385 e. The zero-order valence-corrected chi connectivity index (χ0v) is 16.4. The first kappa shape index (κ1) is 20.4. The molecule has 0 saturated carbocycles. The lowest BCUT2D eigenvalue weighted by Gasteiger charge is -2.11. The summed E-state index contributed by atoms with van der Waals surface area (Å²) in [6.45, 7) is 1.32. The van der Waals surface area contributed by atoms with Gasteiger partial charge in [-0.1, -0.05) is 36.4 Å². The molecule has 3 aromatic rings. The Morgan fingerprint density at radius 3 is 2.48 bits per heavy atom. The lowest BCUT2D eigenvalue weighted by atomic mass is 10.1. The molecule has 0 aliphatic carbocycles. The summed E-state index contributed by atoms with van der Waals surface area (Å²) in [5.74, 6) is -0.300. The van der Waals surface area contributed by atoms with Gasteiger partial charge < -0.3 is 20.7 Å². The topological polar surface area (TPSA) is 79.5 Å². The first-order chi connectivity index (χ1) is 14.2. The van der Waals surface area contributed by atoms with Gasteiger partial charge >= 0.3 is 0 Å². The van der Waals surface area contributed by atoms with Gasteiger partial charge in [-0.15, -0.1) is 0 Å². The second-order valence-electron chi connectivity index (χ2n) is 6.61. The Morgan fingerprint density at radius 1 is 0.931 bits per heavy atom. The van der Waals surface area contributed by atoms with E-state index < -0.39 is 0 Å². The van der Waals surface area contributed by atoms with E-state index in [-0.39, 0.29) is 18.4 Å². The minimum absolute atomic E-state index is 0.142. The van der Waals surface area contributed by atoms with Gasteiger partial charge in [0.1, 0.15) is 0 Å². The first-order valence-electron chi connectivity index (χ1n) is 9.56. The Labute approximate surface area is 170 Å². The molecule has 0 radical (unpaired) electrons. The van der Waals surface area contributed by atoms with Crippen LogP contribution in [0.2, 0.25) is 0 Å². The van der Waals surface area contributed by atoms with Crippen molar-refractivity contribution in [3.63, 3.8) is 0 Å². The summed E-state index contributed by atoms with van der Waals surface area (Å²) in [6, 6.07) is 20.8. The predicted molar refractivity (Wildman–Crippen MR) is 116 cm³/mol. The highest BCUT2D eigenvalue weighted by Gasteiger charge is 2.07. The molecule has 0 aliphatic heterocycles. The highest BCUT2D eigenvalue weighted by atomic mass is 16.5. The lowest BCUT2D eigenvalue weighted by Crippen LogP contribution is -2.25. The van der Waals surface area contributed by atoms with Gasteiger partial charge in [0.15, 0.2) is 0 Å². The fraction of sp³-hybridized carbons (Fsp3) is 0.217. The van der Waals surface area contributed by atoms with E-state index in [2.05, 4.69) is 16.0 Å². The summed E-state index contributed by atoms with van der Waals surface area (Å²) < 4.78 is 4.95. The van der Waals surface area contributed by atoms with Crippen LogP contribution in [0.25, 0.3) is 10.8 Å². The van der Waals surface area contributed by atoms with Crippen molar-refractivity contribution in [1.29, 1.82) is 0 Å². The van der Waals surface area contributed by atoms with E-state index in [0.29, 0.717) is 24.4 Å². The van der Waals surface area contributed by atoms with E-state index in [0.717, 1.165) is 22.9 Å². The average molecular weight is 391 g/mol. The van der Waals surface area contributed by atoms with Crippen LogP contribution < -0.4 is 16.0 Å². The molecule has 0 fully saturated rings. The molecule has 29 heavy (non-hydrogen) atoms. The fourth-order valence-corrected chi connectivity index (χ4v) is 2.99. The van der Waals surface area contributed by atoms with Crippen LogP contribution in [0.3, 0.4) is 0 Å². The van der Waals surface area contributed by atoms with Gasteiger partial charge in [0.25, 0.3) is 5.91 Å². The number of fused-ring (bicyclic) bond motifs is 1. The van der Waals surface area contributed by atoms with E-state index in [1.807, 2.05) is 42.5 Å². The van der Waals surface area contributed by atoms with Crippen molar-refractivity contribution in [1.82, 2.24) is 5.32 Å². The molecule has 150 valence electrons. The molecule has 6 nitrogen and oxygen atoms in total. The third-order valence-corrected chi connectivity index (χ3v) is 4.47. The molecule has 0 saturated heterocycles. The lowest BCUT2D eigenvalue weighted by molar-refractivity contribution is -0.114. The minimum Gasteiger partial charge on any atom is -0.385 e.